The van der Waals surface area contributed by atoms with E-state index in [1.807, 2.05) is 19.1 Å². The molecular formula is C12H16N2O. The molecule has 0 radical (unpaired) electrons. The number of nitrogens with zero attached hydrogens (tertiary/aromatic N) is 1. The maximum absolute atomic E-state index is 8.96. The van der Waals surface area contributed by atoms with Crippen LogP contribution in [0.15, 0.2) is 18.2 Å². The van der Waals surface area contributed by atoms with Crippen LogP contribution in [0.1, 0.15) is 24.5 Å². The van der Waals surface area contributed by atoms with Crippen LogP contribution in [0.5, 0.6) is 0 Å². The van der Waals surface area contributed by atoms with E-state index in [0.29, 0.717) is 5.56 Å². The van der Waals surface area contributed by atoms with Gasteiger partial charge < -0.3 is 10.4 Å². The third-order valence-electron chi connectivity index (χ3n) is 2.23. The second kappa shape index (κ2) is 6.05. The van der Waals surface area contributed by atoms with Gasteiger partial charge in [-0.05, 0) is 31.4 Å². The van der Waals surface area contributed by atoms with E-state index in [-0.39, 0.29) is 6.61 Å². The average molecular weight is 204 g/mol. The van der Waals surface area contributed by atoms with E-state index in [1.165, 1.54) is 0 Å². The molecule has 0 aromatic heterocycles. The van der Waals surface area contributed by atoms with Crippen LogP contribution in [-0.2, 0) is 6.42 Å². The van der Waals surface area contributed by atoms with Crippen LogP contribution in [0.2, 0.25) is 0 Å². The van der Waals surface area contributed by atoms with Gasteiger partial charge in [-0.2, -0.15) is 5.26 Å². The quantitative estimate of drug-likeness (QED) is 0.770. The summed E-state index contributed by atoms with van der Waals surface area (Å²) in [4.78, 5) is 0. The third kappa shape index (κ3) is 2.97. The molecule has 0 unspecified atom stereocenters. The number of aliphatic hydroxyl groups is 1. The Labute approximate surface area is 90.4 Å². The zero-order chi connectivity index (χ0) is 11.1. The standard InChI is InChI=1S/C12H16N2O/c1-2-14-12-10(7-4-8-15)5-3-6-11(12)9-13/h3,5-6,14-15H,2,4,7-8H2,1H3. The van der Waals surface area contributed by atoms with Crippen molar-refractivity contribution in [1.82, 2.24) is 0 Å². The van der Waals surface area contributed by atoms with Gasteiger partial charge in [-0.1, -0.05) is 12.1 Å². The van der Waals surface area contributed by atoms with Crippen molar-refractivity contribution < 1.29 is 5.11 Å². The fourth-order valence-electron chi connectivity index (χ4n) is 1.56. The smallest absolute Gasteiger partial charge is 0.101 e. The van der Waals surface area contributed by atoms with Gasteiger partial charge in [-0.25, -0.2) is 0 Å². The van der Waals surface area contributed by atoms with Gasteiger partial charge >= 0.3 is 0 Å². The number of benzene rings is 1. The molecular weight excluding hydrogens is 188 g/mol. The number of aryl methyl sites for hydroxylation is 1. The molecule has 0 atom stereocenters. The summed E-state index contributed by atoms with van der Waals surface area (Å²) in [6, 6.07) is 7.85. The first-order valence-electron chi connectivity index (χ1n) is 5.20. The van der Waals surface area contributed by atoms with E-state index in [9.17, 15) is 0 Å². The van der Waals surface area contributed by atoms with Crippen LogP contribution >= 0.6 is 0 Å². The Bertz CT molecular complexity index is 355. The van der Waals surface area contributed by atoms with Gasteiger partial charge in [0.15, 0.2) is 0 Å². The van der Waals surface area contributed by atoms with Crippen molar-refractivity contribution >= 4 is 5.69 Å². The second-order valence-electron chi connectivity index (χ2n) is 3.31. The summed E-state index contributed by atoms with van der Waals surface area (Å²) in [6.45, 7) is 2.98. The highest BCUT2D eigenvalue weighted by Gasteiger charge is 2.06. The number of para-hydroxylation sites is 1. The van der Waals surface area contributed by atoms with Crippen LogP contribution in [0.4, 0.5) is 5.69 Å². The Morgan fingerprint density at radius 3 is 2.87 bits per heavy atom. The molecule has 1 aromatic rings. The van der Waals surface area contributed by atoms with Crippen molar-refractivity contribution in [2.24, 2.45) is 0 Å². The lowest BCUT2D eigenvalue weighted by atomic mass is 10.0. The van der Waals surface area contributed by atoms with E-state index < -0.39 is 0 Å². The predicted molar refractivity (Wildman–Crippen MR) is 60.7 cm³/mol. The van der Waals surface area contributed by atoms with Crippen molar-refractivity contribution in [3.05, 3.63) is 29.3 Å². The van der Waals surface area contributed by atoms with Crippen LogP contribution in [-0.4, -0.2) is 18.3 Å². The maximum atomic E-state index is 8.96. The summed E-state index contributed by atoms with van der Waals surface area (Å²) < 4.78 is 0. The van der Waals surface area contributed by atoms with Crippen molar-refractivity contribution in [3.8, 4) is 6.07 Å². The Morgan fingerprint density at radius 2 is 2.27 bits per heavy atom. The number of nitrogens with one attached hydrogen (secondary N) is 1. The summed E-state index contributed by atoms with van der Waals surface area (Å²) in [7, 11) is 0. The summed E-state index contributed by atoms with van der Waals surface area (Å²) in [5, 5.41) is 20.9. The molecule has 0 amide bonds. The highest BCUT2D eigenvalue weighted by Crippen LogP contribution is 2.21. The summed E-state index contributed by atoms with van der Waals surface area (Å²) >= 11 is 0. The minimum atomic E-state index is 0.183. The lowest BCUT2D eigenvalue weighted by Gasteiger charge is -2.11. The van der Waals surface area contributed by atoms with Gasteiger partial charge in [0, 0.05) is 13.2 Å². The van der Waals surface area contributed by atoms with Crippen molar-refractivity contribution in [3.63, 3.8) is 0 Å². The molecule has 0 bridgehead atoms. The minimum absolute atomic E-state index is 0.183. The van der Waals surface area contributed by atoms with E-state index in [4.69, 9.17) is 10.4 Å². The van der Waals surface area contributed by atoms with Gasteiger partial charge in [-0.3, -0.25) is 0 Å². The lowest BCUT2D eigenvalue weighted by molar-refractivity contribution is 0.288. The zero-order valence-electron chi connectivity index (χ0n) is 8.95. The zero-order valence-corrected chi connectivity index (χ0v) is 8.95. The van der Waals surface area contributed by atoms with E-state index in [2.05, 4.69) is 11.4 Å². The van der Waals surface area contributed by atoms with Crippen molar-refractivity contribution in [2.45, 2.75) is 19.8 Å². The molecule has 0 aliphatic rings. The first-order valence-corrected chi connectivity index (χ1v) is 5.20. The number of hydrogen-bond donors (Lipinski definition) is 2. The lowest BCUT2D eigenvalue weighted by Crippen LogP contribution is -2.04. The van der Waals surface area contributed by atoms with Gasteiger partial charge in [-0.15, -0.1) is 0 Å². The van der Waals surface area contributed by atoms with E-state index in [0.717, 1.165) is 30.6 Å². The topological polar surface area (TPSA) is 56.0 Å². The highest BCUT2D eigenvalue weighted by atomic mass is 16.2. The monoisotopic (exact) mass is 204 g/mol. The molecule has 0 aliphatic heterocycles. The Kier molecular flexibility index (Phi) is 4.65. The molecule has 1 aromatic carbocycles. The fourth-order valence-corrected chi connectivity index (χ4v) is 1.56. The molecule has 15 heavy (non-hydrogen) atoms. The van der Waals surface area contributed by atoms with Gasteiger partial charge in [0.25, 0.3) is 0 Å². The van der Waals surface area contributed by atoms with E-state index >= 15 is 0 Å². The number of hydrogen-bond acceptors (Lipinski definition) is 3. The molecule has 1 rings (SSSR count). The normalized spacial score (nSPS) is 9.67. The minimum Gasteiger partial charge on any atom is -0.396 e. The van der Waals surface area contributed by atoms with Crippen molar-refractivity contribution in [1.29, 1.82) is 5.26 Å². The SMILES string of the molecule is CCNc1c(C#N)cccc1CCCO. The molecule has 0 aliphatic carbocycles. The Hall–Kier alpha value is -1.53. The molecule has 3 nitrogen and oxygen atoms in total. The van der Waals surface area contributed by atoms with Crippen LogP contribution in [0, 0.1) is 11.3 Å². The molecule has 0 fully saturated rings. The summed E-state index contributed by atoms with van der Waals surface area (Å²) in [5.74, 6) is 0. The Morgan fingerprint density at radius 1 is 1.47 bits per heavy atom. The van der Waals surface area contributed by atoms with Crippen LogP contribution in [0.25, 0.3) is 0 Å². The van der Waals surface area contributed by atoms with Crippen LogP contribution < -0.4 is 5.32 Å². The largest absolute Gasteiger partial charge is 0.396 e. The average Bonchev–Trinajstić information content (AvgIpc) is 2.28. The first kappa shape index (κ1) is 11.5. The number of rotatable bonds is 5. The summed E-state index contributed by atoms with van der Waals surface area (Å²) in [5.41, 5.74) is 2.69. The van der Waals surface area contributed by atoms with Gasteiger partial charge in [0.1, 0.15) is 6.07 Å². The molecule has 80 valence electrons. The number of anilines is 1. The number of nitriles is 1. The van der Waals surface area contributed by atoms with Crippen LogP contribution in [0.3, 0.4) is 0 Å². The van der Waals surface area contributed by atoms with Gasteiger partial charge in [0.2, 0.25) is 0 Å². The molecule has 0 spiro atoms. The first-order chi connectivity index (χ1) is 7.33. The third-order valence-corrected chi connectivity index (χ3v) is 2.23. The van der Waals surface area contributed by atoms with Gasteiger partial charge in [0.05, 0.1) is 11.3 Å². The second-order valence-corrected chi connectivity index (χ2v) is 3.31. The maximum Gasteiger partial charge on any atom is 0.101 e. The molecule has 0 saturated heterocycles. The molecule has 0 saturated carbocycles. The number of aliphatic hydroxyl groups excluding tert-OH is 1. The molecule has 3 heteroatoms. The molecule has 0 heterocycles. The van der Waals surface area contributed by atoms with Crippen molar-refractivity contribution in [2.75, 3.05) is 18.5 Å². The summed E-state index contributed by atoms with van der Waals surface area (Å²) in [6.07, 6.45) is 1.53. The fraction of sp³-hybridized carbons (Fsp3) is 0.417. The van der Waals surface area contributed by atoms with E-state index in [1.54, 1.807) is 6.07 Å². The molecule has 2 N–H and O–H groups in total. The predicted octanol–water partition coefficient (Wildman–Crippen LogP) is 1.91. The highest BCUT2D eigenvalue weighted by molar-refractivity contribution is 5.62. The Balaban J connectivity index is 2.97.